The number of aliphatic hydroxyl groups excluding tert-OH is 1. The second kappa shape index (κ2) is 7.22. The van der Waals surface area contributed by atoms with E-state index in [0.29, 0.717) is 19.1 Å². The Morgan fingerprint density at radius 2 is 2.04 bits per heavy atom. The van der Waals surface area contributed by atoms with Gasteiger partial charge in [-0.05, 0) is 37.7 Å². The molecule has 1 saturated carbocycles. The molecule has 2 aliphatic carbocycles. The van der Waals surface area contributed by atoms with Crippen LogP contribution in [0.25, 0.3) is 0 Å². The number of allylic oxidation sites excluding steroid dienone is 1. The minimum absolute atomic E-state index is 0.000393. The largest absolute Gasteiger partial charge is 0.461 e. The Morgan fingerprint density at radius 1 is 1.36 bits per heavy atom. The number of carbonyl (C=O) groups is 2. The third-order valence-corrected chi connectivity index (χ3v) is 7.63. The molecule has 1 spiro atoms. The van der Waals surface area contributed by atoms with Crippen molar-refractivity contribution >= 4 is 11.8 Å². The van der Waals surface area contributed by atoms with Crippen molar-refractivity contribution in [2.24, 2.45) is 23.2 Å². The second-order valence-corrected chi connectivity index (χ2v) is 9.20. The highest BCUT2D eigenvalue weighted by atomic mass is 16.7. The number of hydrogen-bond acceptors (Lipinski definition) is 6. The van der Waals surface area contributed by atoms with E-state index in [1.165, 1.54) is 6.92 Å². The standard InChI is InChI=1S/C21H30O5.CH4O/c1-12(2)15-9-17-21(26-17)19(4)8-6-7-14(10-24-13(3)22)16(19)11-25-20(21,5)18(15)23;1-2/h7,12,15-17H,6,8-11H2,1-5H3;2H,1H3/t15?,16?,17-,19-,20+,21+;/m0./s1. The van der Waals surface area contributed by atoms with Crippen LogP contribution in [0.3, 0.4) is 0 Å². The van der Waals surface area contributed by atoms with Crippen LogP contribution < -0.4 is 0 Å². The molecule has 6 heteroatoms. The lowest BCUT2D eigenvalue weighted by Gasteiger charge is -2.58. The van der Waals surface area contributed by atoms with E-state index in [9.17, 15) is 9.59 Å². The average molecular weight is 395 g/mol. The van der Waals surface area contributed by atoms with Crippen molar-refractivity contribution in [1.82, 2.24) is 0 Å². The minimum Gasteiger partial charge on any atom is -0.461 e. The van der Waals surface area contributed by atoms with Gasteiger partial charge in [-0.25, -0.2) is 0 Å². The number of carbonyl (C=O) groups excluding carboxylic acids is 2. The minimum atomic E-state index is -0.875. The van der Waals surface area contributed by atoms with Gasteiger partial charge in [0.05, 0.1) is 12.7 Å². The van der Waals surface area contributed by atoms with E-state index in [1.807, 2.05) is 6.92 Å². The van der Waals surface area contributed by atoms with Crippen molar-refractivity contribution in [3.05, 3.63) is 11.6 Å². The van der Waals surface area contributed by atoms with Crippen LogP contribution in [0.15, 0.2) is 11.6 Å². The molecule has 2 unspecified atom stereocenters. The maximum Gasteiger partial charge on any atom is 0.302 e. The molecular formula is C22H34O6. The molecule has 2 saturated heterocycles. The fraction of sp³-hybridized carbons (Fsp3) is 0.818. The van der Waals surface area contributed by atoms with Crippen molar-refractivity contribution in [2.75, 3.05) is 20.3 Å². The molecule has 0 aromatic rings. The summed E-state index contributed by atoms with van der Waals surface area (Å²) < 4.78 is 18.0. The summed E-state index contributed by atoms with van der Waals surface area (Å²) in [5.41, 5.74) is -0.480. The predicted molar refractivity (Wildman–Crippen MR) is 104 cm³/mol. The van der Waals surface area contributed by atoms with Crippen LogP contribution >= 0.6 is 0 Å². The second-order valence-electron chi connectivity index (χ2n) is 9.20. The lowest BCUT2D eigenvalue weighted by molar-refractivity contribution is -0.210. The van der Waals surface area contributed by atoms with Gasteiger partial charge in [-0.15, -0.1) is 0 Å². The Labute approximate surface area is 167 Å². The Hall–Kier alpha value is -1.24. The lowest BCUT2D eigenvalue weighted by atomic mass is 9.50. The molecule has 6 nitrogen and oxygen atoms in total. The first-order valence-corrected chi connectivity index (χ1v) is 10.3. The topological polar surface area (TPSA) is 85.4 Å². The highest BCUT2D eigenvalue weighted by Gasteiger charge is 2.83. The first-order chi connectivity index (χ1) is 13.2. The highest BCUT2D eigenvalue weighted by Crippen LogP contribution is 2.70. The van der Waals surface area contributed by atoms with Crippen LogP contribution in [0.4, 0.5) is 0 Å². The normalized spacial score (nSPS) is 43.6. The Balaban J connectivity index is 0.00000109. The number of ketones is 1. The molecule has 28 heavy (non-hydrogen) atoms. The monoisotopic (exact) mass is 394 g/mol. The van der Waals surface area contributed by atoms with Crippen LogP contribution in [0.1, 0.15) is 53.9 Å². The van der Waals surface area contributed by atoms with Gasteiger partial charge in [0, 0.05) is 31.3 Å². The van der Waals surface area contributed by atoms with Crippen molar-refractivity contribution in [3.63, 3.8) is 0 Å². The summed E-state index contributed by atoms with van der Waals surface area (Å²) >= 11 is 0. The molecule has 0 bridgehead atoms. The zero-order valence-electron chi connectivity index (χ0n) is 17.9. The average Bonchev–Trinajstić information content (AvgIpc) is 3.40. The van der Waals surface area contributed by atoms with Gasteiger partial charge in [0.2, 0.25) is 0 Å². The van der Waals surface area contributed by atoms with Crippen LogP contribution in [0.2, 0.25) is 0 Å². The van der Waals surface area contributed by atoms with Crippen LogP contribution in [0.5, 0.6) is 0 Å². The maximum absolute atomic E-state index is 13.4. The molecule has 3 fully saturated rings. The van der Waals surface area contributed by atoms with Gasteiger partial charge in [0.25, 0.3) is 0 Å². The van der Waals surface area contributed by atoms with Gasteiger partial charge in [0.1, 0.15) is 12.2 Å². The molecule has 0 aromatic carbocycles. The van der Waals surface area contributed by atoms with E-state index in [0.717, 1.165) is 31.9 Å². The van der Waals surface area contributed by atoms with Gasteiger partial charge < -0.3 is 19.3 Å². The lowest BCUT2D eigenvalue weighted by Crippen LogP contribution is -2.70. The quantitative estimate of drug-likeness (QED) is 0.450. The summed E-state index contributed by atoms with van der Waals surface area (Å²) in [4.78, 5) is 24.6. The van der Waals surface area contributed by atoms with Crippen LogP contribution in [-0.4, -0.2) is 54.5 Å². The van der Waals surface area contributed by atoms with E-state index in [4.69, 9.17) is 19.3 Å². The number of fused-ring (bicyclic) bond motifs is 1. The molecule has 4 aliphatic rings. The first-order valence-electron chi connectivity index (χ1n) is 10.3. The van der Waals surface area contributed by atoms with Crippen LogP contribution in [-0.2, 0) is 23.8 Å². The summed E-state index contributed by atoms with van der Waals surface area (Å²) in [6, 6.07) is 0. The molecular weight excluding hydrogens is 360 g/mol. The number of esters is 1. The molecule has 0 radical (unpaired) electrons. The van der Waals surface area contributed by atoms with E-state index in [2.05, 4.69) is 26.8 Å². The number of epoxide rings is 1. The van der Waals surface area contributed by atoms with Crippen molar-refractivity contribution < 1.29 is 28.9 Å². The van der Waals surface area contributed by atoms with Gasteiger partial charge in [-0.1, -0.05) is 26.8 Å². The first kappa shape index (κ1) is 21.5. The fourth-order valence-electron chi connectivity index (χ4n) is 6.11. The summed E-state index contributed by atoms with van der Waals surface area (Å²) in [5.74, 6) is 0.349. The molecule has 1 N–H and O–H groups in total. The molecule has 6 atom stereocenters. The zero-order valence-corrected chi connectivity index (χ0v) is 17.9. The van der Waals surface area contributed by atoms with E-state index in [-0.39, 0.29) is 35.1 Å². The number of aliphatic hydroxyl groups is 1. The number of rotatable bonds is 3. The van der Waals surface area contributed by atoms with E-state index in [1.54, 1.807) is 0 Å². The zero-order chi connectivity index (χ0) is 20.9. The Morgan fingerprint density at radius 3 is 2.64 bits per heavy atom. The smallest absolute Gasteiger partial charge is 0.302 e. The number of ether oxygens (including phenoxy) is 3. The maximum atomic E-state index is 13.4. The summed E-state index contributed by atoms with van der Waals surface area (Å²) in [5, 5.41) is 7.00. The van der Waals surface area contributed by atoms with Gasteiger partial charge in [-0.2, -0.15) is 0 Å². The van der Waals surface area contributed by atoms with Gasteiger partial charge in [0.15, 0.2) is 11.4 Å². The predicted octanol–water partition coefficient (Wildman–Crippen LogP) is 2.67. The Bertz CT molecular complexity index is 685. The van der Waals surface area contributed by atoms with Crippen molar-refractivity contribution in [3.8, 4) is 0 Å². The molecule has 0 amide bonds. The molecule has 2 heterocycles. The van der Waals surface area contributed by atoms with E-state index < -0.39 is 11.2 Å². The highest BCUT2D eigenvalue weighted by molar-refractivity contribution is 5.93. The molecule has 4 rings (SSSR count). The third-order valence-electron chi connectivity index (χ3n) is 7.63. The van der Waals surface area contributed by atoms with Crippen molar-refractivity contribution in [2.45, 2.75) is 71.2 Å². The molecule has 158 valence electrons. The van der Waals surface area contributed by atoms with Crippen LogP contribution in [0, 0.1) is 23.2 Å². The number of Topliss-reactive ketones (excluding diaryl/α,β-unsaturated/α-hetero) is 1. The fourth-order valence-corrected chi connectivity index (χ4v) is 6.11. The molecule has 2 aliphatic heterocycles. The van der Waals surface area contributed by atoms with Crippen molar-refractivity contribution in [1.29, 1.82) is 0 Å². The Kier molecular flexibility index (Phi) is 5.54. The summed E-state index contributed by atoms with van der Waals surface area (Å²) in [6.45, 7) is 10.6. The van der Waals surface area contributed by atoms with E-state index >= 15 is 0 Å². The third kappa shape index (κ3) is 2.71. The summed E-state index contributed by atoms with van der Waals surface area (Å²) in [6.07, 6.45) is 4.94. The molecule has 0 aromatic heterocycles. The SMILES string of the molecule is CC(=O)OCC1=CCC[C@@]2(C)C1CO[C@]1(C)C(=O)C(C(C)C)C[C@@H]3O[C@]321.CO. The number of hydrogen-bond donors (Lipinski definition) is 1. The van der Waals surface area contributed by atoms with Gasteiger partial charge in [-0.3, -0.25) is 9.59 Å². The summed E-state index contributed by atoms with van der Waals surface area (Å²) in [7, 11) is 1.00. The van der Waals surface area contributed by atoms with Gasteiger partial charge >= 0.3 is 5.97 Å².